The summed E-state index contributed by atoms with van der Waals surface area (Å²) in [5, 5.41) is 3.69. The zero-order chi connectivity index (χ0) is 14.9. The third-order valence-corrected chi connectivity index (χ3v) is 4.23. The Morgan fingerprint density at radius 3 is 2.43 bits per heavy atom. The lowest BCUT2D eigenvalue weighted by Crippen LogP contribution is -2.29. The molecule has 1 fully saturated rings. The largest absolute Gasteiger partial charge is 0.372 e. The van der Waals surface area contributed by atoms with Crippen molar-refractivity contribution in [1.82, 2.24) is 4.98 Å². The standard InChI is InChI=1S/C15H14BrClN2O2/c1-18-14-13(16)8-11(9-19-14)15(20-6-7-21-15)10-2-4-12(17)5-3-10/h2-5,8-9H,6-7H2,1H3,(H,18,19). The molecular weight excluding hydrogens is 356 g/mol. The summed E-state index contributed by atoms with van der Waals surface area (Å²) < 4.78 is 12.7. The molecule has 1 aromatic heterocycles. The van der Waals surface area contributed by atoms with Crippen molar-refractivity contribution in [1.29, 1.82) is 0 Å². The van der Waals surface area contributed by atoms with Crippen LogP contribution in [0, 0.1) is 0 Å². The molecule has 1 aliphatic rings. The molecule has 0 bridgehead atoms. The van der Waals surface area contributed by atoms with E-state index in [1.165, 1.54) is 0 Å². The number of hydrogen-bond donors (Lipinski definition) is 1. The number of nitrogens with zero attached hydrogens (tertiary/aromatic N) is 1. The van der Waals surface area contributed by atoms with E-state index < -0.39 is 5.79 Å². The number of halogens is 2. The third-order valence-electron chi connectivity index (χ3n) is 3.38. The molecule has 1 saturated heterocycles. The smallest absolute Gasteiger partial charge is 0.224 e. The van der Waals surface area contributed by atoms with Gasteiger partial charge in [0, 0.05) is 29.4 Å². The van der Waals surface area contributed by atoms with E-state index in [0.717, 1.165) is 21.4 Å². The number of anilines is 1. The first-order valence-corrected chi connectivity index (χ1v) is 7.70. The predicted octanol–water partition coefficient (Wildman–Crippen LogP) is 3.79. The second kappa shape index (κ2) is 5.93. The average Bonchev–Trinajstić information content (AvgIpc) is 2.98. The van der Waals surface area contributed by atoms with Gasteiger partial charge >= 0.3 is 0 Å². The number of benzene rings is 1. The number of aromatic nitrogens is 1. The number of pyridine rings is 1. The molecule has 21 heavy (non-hydrogen) atoms. The Balaban J connectivity index is 2.09. The minimum absolute atomic E-state index is 0.536. The van der Waals surface area contributed by atoms with E-state index in [2.05, 4.69) is 26.2 Å². The van der Waals surface area contributed by atoms with Gasteiger partial charge in [0.2, 0.25) is 5.79 Å². The van der Waals surface area contributed by atoms with Gasteiger partial charge < -0.3 is 14.8 Å². The van der Waals surface area contributed by atoms with Gasteiger partial charge in [0.1, 0.15) is 5.82 Å². The van der Waals surface area contributed by atoms with Crippen LogP contribution in [-0.4, -0.2) is 25.2 Å². The summed E-state index contributed by atoms with van der Waals surface area (Å²) >= 11 is 9.47. The minimum Gasteiger partial charge on any atom is -0.372 e. The Morgan fingerprint density at radius 2 is 1.86 bits per heavy atom. The van der Waals surface area contributed by atoms with Crippen LogP contribution in [0.4, 0.5) is 5.82 Å². The van der Waals surface area contributed by atoms with Crippen molar-refractivity contribution in [2.24, 2.45) is 0 Å². The van der Waals surface area contributed by atoms with Crippen molar-refractivity contribution < 1.29 is 9.47 Å². The van der Waals surface area contributed by atoms with Crippen LogP contribution in [0.3, 0.4) is 0 Å². The zero-order valence-corrected chi connectivity index (χ0v) is 13.7. The Labute approximate surface area is 136 Å². The fourth-order valence-corrected chi connectivity index (χ4v) is 3.06. The Bertz CT molecular complexity index is 643. The molecular formula is C15H14BrClN2O2. The third kappa shape index (κ3) is 2.66. The van der Waals surface area contributed by atoms with Crippen molar-refractivity contribution in [3.63, 3.8) is 0 Å². The van der Waals surface area contributed by atoms with Crippen molar-refractivity contribution in [3.05, 3.63) is 57.2 Å². The van der Waals surface area contributed by atoms with Gasteiger partial charge in [0.15, 0.2) is 0 Å². The molecule has 110 valence electrons. The maximum Gasteiger partial charge on any atom is 0.224 e. The normalized spacial score (nSPS) is 16.9. The molecule has 0 spiro atoms. The number of nitrogens with one attached hydrogen (secondary N) is 1. The highest BCUT2D eigenvalue weighted by Gasteiger charge is 2.41. The Morgan fingerprint density at radius 1 is 1.19 bits per heavy atom. The first-order valence-electron chi connectivity index (χ1n) is 6.53. The van der Waals surface area contributed by atoms with Crippen LogP contribution < -0.4 is 5.32 Å². The summed E-state index contributed by atoms with van der Waals surface area (Å²) in [5.74, 6) is -0.158. The van der Waals surface area contributed by atoms with Crippen LogP contribution >= 0.6 is 27.5 Å². The highest BCUT2D eigenvalue weighted by atomic mass is 79.9. The number of hydrogen-bond acceptors (Lipinski definition) is 4. The fourth-order valence-electron chi connectivity index (χ4n) is 2.38. The molecule has 0 aliphatic carbocycles. The van der Waals surface area contributed by atoms with Crippen molar-refractivity contribution >= 4 is 33.3 Å². The highest BCUT2D eigenvalue weighted by Crippen LogP contribution is 2.40. The van der Waals surface area contributed by atoms with E-state index in [-0.39, 0.29) is 0 Å². The maximum atomic E-state index is 5.96. The molecule has 3 rings (SSSR count). The van der Waals surface area contributed by atoms with Gasteiger partial charge in [-0.25, -0.2) is 4.98 Å². The van der Waals surface area contributed by atoms with Gasteiger partial charge in [-0.3, -0.25) is 0 Å². The molecule has 0 amide bonds. The average molecular weight is 370 g/mol. The molecule has 4 nitrogen and oxygen atoms in total. The maximum absolute atomic E-state index is 5.96. The van der Waals surface area contributed by atoms with Gasteiger partial charge in [0.05, 0.1) is 17.7 Å². The molecule has 2 aromatic rings. The SMILES string of the molecule is CNc1ncc(C2(c3ccc(Cl)cc3)OCCO2)cc1Br. The lowest BCUT2D eigenvalue weighted by Gasteiger charge is -2.28. The fraction of sp³-hybridized carbons (Fsp3) is 0.267. The summed E-state index contributed by atoms with van der Waals surface area (Å²) in [5.41, 5.74) is 1.74. The quantitative estimate of drug-likeness (QED) is 0.894. The van der Waals surface area contributed by atoms with Crippen molar-refractivity contribution in [2.75, 3.05) is 25.6 Å². The first-order chi connectivity index (χ1) is 10.2. The van der Waals surface area contributed by atoms with Crippen LogP contribution in [0.5, 0.6) is 0 Å². The lowest BCUT2D eigenvalue weighted by atomic mass is 9.98. The lowest BCUT2D eigenvalue weighted by molar-refractivity contribution is -0.130. The first kappa shape index (κ1) is 14.8. The number of ether oxygens (including phenoxy) is 2. The molecule has 0 saturated carbocycles. The highest BCUT2D eigenvalue weighted by molar-refractivity contribution is 9.10. The summed E-state index contributed by atoms with van der Waals surface area (Å²) in [7, 11) is 1.82. The molecule has 0 atom stereocenters. The van der Waals surface area contributed by atoms with Crippen molar-refractivity contribution in [3.8, 4) is 0 Å². The molecule has 0 radical (unpaired) electrons. The topological polar surface area (TPSA) is 43.4 Å². The Hall–Kier alpha value is -1.14. The van der Waals surface area contributed by atoms with E-state index in [4.69, 9.17) is 21.1 Å². The molecule has 1 aliphatic heterocycles. The van der Waals surface area contributed by atoms with E-state index in [1.807, 2.05) is 37.4 Å². The molecule has 6 heteroatoms. The predicted molar refractivity (Wildman–Crippen MR) is 85.6 cm³/mol. The Kier molecular flexibility index (Phi) is 4.17. The molecule has 1 aromatic carbocycles. The van der Waals surface area contributed by atoms with Gasteiger partial charge in [-0.2, -0.15) is 0 Å². The molecule has 0 unspecified atom stereocenters. The zero-order valence-electron chi connectivity index (χ0n) is 11.4. The van der Waals surface area contributed by atoms with Gasteiger partial charge in [-0.15, -0.1) is 0 Å². The van der Waals surface area contributed by atoms with E-state index in [1.54, 1.807) is 6.20 Å². The van der Waals surface area contributed by atoms with E-state index in [9.17, 15) is 0 Å². The molecule has 1 N–H and O–H groups in total. The van der Waals surface area contributed by atoms with Crippen LogP contribution in [-0.2, 0) is 15.3 Å². The van der Waals surface area contributed by atoms with Gasteiger partial charge in [0.25, 0.3) is 0 Å². The van der Waals surface area contributed by atoms with Crippen LogP contribution in [0.15, 0.2) is 41.0 Å². The van der Waals surface area contributed by atoms with Gasteiger partial charge in [-0.05, 0) is 34.1 Å². The van der Waals surface area contributed by atoms with E-state index in [0.29, 0.717) is 18.2 Å². The summed E-state index contributed by atoms with van der Waals surface area (Å²) in [4.78, 5) is 4.39. The second-order valence-corrected chi connectivity index (χ2v) is 5.92. The van der Waals surface area contributed by atoms with Crippen LogP contribution in [0.1, 0.15) is 11.1 Å². The van der Waals surface area contributed by atoms with Crippen LogP contribution in [0.2, 0.25) is 5.02 Å². The second-order valence-electron chi connectivity index (χ2n) is 4.62. The van der Waals surface area contributed by atoms with Crippen LogP contribution in [0.25, 0.3) is 0 Å². The summed E-state index contributed by atoms with van der Waals surface area (Å²) in [6, 6.07) is 9.43. The summed E-state index contributed by atoms with van der Waals surface area (Å²) in [6.45, 7) is 1.07. The van der Waals surface area contributed by atoms with E-state index >= 15 is 0 Å². The molecule has 2 heterocycles. The van der Waals surface area contributed by atoms with Gasteiger partial charge in [-0.1, -0.05) is 23.7 Å². The number of rotatable bonds is 3. The monoisotopic (exact) mass is 368 g/mol. The van der Waals surface area contributed by atoms with Crippen molar-refractivity contribution in [2.45, 2.75) is 5.79 Å². The summed E-state index contributed by atoms with van der Waals surface area (Å²) in [6.07, 6.45) is 1.76. The minimum atomic E-state index is -0.924.